The van der Waals surface area contributed by atoms with Gasteiger partial charge in [-0.15, -0.1) is 0 Å². The van der Waals surface area contributed by atoms with Crippen molar-refractivity contribution < 1.29 is 14.3 Å². The van der Waals surface area contributed by atoms with Gasteiger partial charge in [0.15, 0.2) is 0 Å². The molecule has 0 aromatic heterocycles. The molecule has 0 N–H and O–H groups in total. The Labute approximate surface area is 172 Å². The molecular weight excluding hydrogens is 364 g/mol. The first-order chi connectivity index (χ1) is 14.2. The third kappa shape index (κ3) is 4.29. The Bertz CT molecular complexity index is 861. The summed E-state index contributed by atoms with van der Waals surface area (Å²) in [5, 5.41) is 0. The summed E-state index contributed by atoms with van der Waals surface area (Å²) >= 11 is 0. The highest BCUT2D eigenvalue weighted by molar-refractivity contribution is 5.94. The Balaban J connectivity index is 1.44. The summed E-state index contributed by atoms with van der Waals surface area (Å²) in [6, 6.07) is 15.9. The normalized spacial score (nSPS) is 19.1. The van der Waals surface area contributed by atoms with Crippen LogP contribution in [-0.2, 0) is 11.3 Å². The highest BCUT2D eigenvalue weighted by Gasteiger charge is 2.30. The molecule has 2 aromatic rings. The molecular formula is C24H28N2O3. The van der Waals surface area contributed by atoms with E-state index in [1.807, 2.05) is 53.1 Å². The van der Waals surface area contributed by atoms with E-state index in [0.29, 0.717) is 25.1 Å². The second-order valence-corrected chi connectivity index (χ2v) is 7.77. The minimum atomic E-state index is 0.0742. The zero-order valence-corrected chi connectivity index (χ0v) is 17.0. The third-order valence-electron chi connectivity index (χ3n) is 5.84. The fraction of sp³-hybridized carbons (Fsp3) is 0.417. The summed E-state index contributed by atoms with van der Waals surface area (Å²) in [5.41, 5.74) is 2.93. The zero-order valence-electron chi connectivity index (χ0n) is 17.0. The van der Waals surface area contributed by atoms with Crippen LogP contribution in [-0.4, -0.2) is 41.3 Å². The molecule has 2 heterocycles. The summed E-state index contributed by atoms with van der Waals surface area (Å²) < 4.78 is 5.53. The lowest BCUT2D eigenvalue weighted by atomic mass is 10.0. The molecule has 29 heavy (non-hydrogen) atoms. The number of carbonyl (C=O) groups excluding carboxylic acids is 2. The Morgan fingerprint density at radius 1 is 1.03 bits per heavy atom. The Hall–Kier alpha value is -2.82. The maximum Gasteiger partial charge on any atom is 0.254 e. The molecule has 2 amide bonds. The molecule has 5 heteroatoms. The summed E-state index contributed by atoms with van der Waals surface area (Å²) in [5.74, 6) is 1.16. The van der Waals surface area contributed by atoms with Gasteiger partial charge in [0, 0.05) is 31.6 Å². The fourth-order valence-corrected chi connectivity index (χ4v) is 4.32. The van der Waals surface area contributed by atoms with Gasteiger partial charge in [-0.05, 0) is 61.6 Å². The van der Waals surface area contributed by atoms with Crippen molar-refractivity contribution in [2.45, 2.75) is 45.2 Å². The van der Waals surface area contributed by atoms with Gasteiger partial charge in [0.2, 0.25) is 5.91 Å². The van der Waals surface area contributed by atoms with Crippen LogP contribution in [0.25, 0.3) is 0 Å². The molecule has 0 bridgehead atoms. The second kappa shape index (κ2) is 8.68. The van der Waals surface area contributed by atoms with E-state index in [9.17, 15) is 9.59 Å². The lowest BCUT2D eigenvalue weighted by Gasteiger charge is -2.25. The SMILES string of the molecule is CCOc1ccc(C2CCCN2C(=O)c2ccc(CN3CCCC3=O)cc2)cc1. The van der Waals surface area contributed by atoms with Crippen LogP contribution < -0.4 is 4.74 Å². The third-order valence-corrected chi connectivity index (χ3v) is 5.84. The molecule has 0 spiro atoms. The maximum atomic E-state index is 13.1. The van der Waals surface area contributed by atoms with Crippen LogP contribution in [0.3, 0.4) is 0 Å². The predicted octanol–water partition coefficient (Wildman–Crippen LogP) is 4.19. The van der Waals surface area contributed by atoms with E-state index in [-0.39, 0.29) is 17.9 Å². The van der Waals surface area contributed by atoms with Crippen molar-refractivity contribution in [3.63, 3.8) is 0 Å². The summed E-state index contributed by atoms with van der Waals surface area (Å²) in [6.07, 6.45) is 3.59. The monoisotopic (exact) mass is 392 g/mol. The minimum Gasteiger partial charge on any atom is -0.494 e. The van der Waals surface area contributed by atoms with Gasteiger partial charge in [-0.3, -0.25) is 9.59 Å². The number of rotatable bonds is 6. The van der Waals surface area contributed by atoms with E-state index in [1.165, 1.54) is 0 Å². The van der Waals surface area contributed by atoms with Gasteiger partial charge in [0.05, 0.1) is 12.6 Å². The second-order valence-electron chi connectivity index (χ2n) is 7.77. The first kappa shape index (κ1) is 19.5. The van der Waals surface area contributed by atoms with E-state index < -0.39 is 0 Å². The number of amides is 2. The van der Waals surface area contributed by atoms with Gasteiger partial charge in [-0.2, -0.15) is 0 Å². The van der Waals surface area contributed by atoms with Crippen molar-refractivity contribution in [2.24, 2.45) is 0 Å². The van der Waals surface area contributed by atoms with Crippen molar-refractivity contribution in [3.05, 3.63) is 65.2 Å². The van der Waals surface area contributed by atoms with E-state index in [2.05, 4.69) is 12.1 Å². The Morgan fingerprint density at radius 3 is 2.45 bits per heavy atom. The molecule has 2 aliphatic rings. The molecule has 0 saturated carbocycles. The molecule has 5 nitrogen and oxygen atoms in total. The number of hydrogen-bond acceptors (Lipinski definition) is 3. The highest BCUT2D eigenvalue weighted by Crippen LogP contribution is 2.34. The zero-order chi connectivity index (χ0) is 20.2. The largest absolute Gasteiger partial charge is 0.494 e. The standard InChI is InChI=1S/C24H28N2O3/c1-2-29-21-13-11-19(12-14-21)22-5-3-16-26(22)24(28)20-9-7-18(8-10-20)17-25-15-4-6-23(25)27/h7-14,22H,2-6,15-17H2,1H3. The van der Waals surface area contributed by atoms with Gasteiger partial charge >= 0.3 is 0 Å². The smallest absolute Gasteiger partial charge is 0.254 e. The number of nitrogens with zero attached hydrogens (tertiary/aromatic N) is 2. The van der Waals surface area contributed by atoms with E-state index >= 15 is 0 Å². The molecule has 2 aromatic carbocycles. The molecule has 2 aliphatic heterocycles. The van der Waals surface area contributed by atoms with Crippen molar-refractivity contribution in [1.29, 1.82) is 0 Å². The fourth-order valence-electron chi connectivity index (χ4n) is 4.32. The van der Waals surface area contributed by atoms with Crippen molar-refractivity contribution >= 4 is 11.8 Å². The first-order valence-corrected chi connectivity index (χ1v) is 10.6. The average Bonchev–Trinajstić information content (AvgIpc) is 3.38. The van der Waals surface area contributed by atoms with Gasteiger partial charge in [-0.1, -0.05) is 24.3 Å². The lowest BCUT2D eigenvalue weighted by molar-refractivity contribution is -0.128. The number of benzene rings is 2. The van der Waals surface area contributed by atoms with Gasteiger partial charge in [0.1, 0.15) is 5.75 Å². The molecule has 2 saturated heterocycles. The van der Waals surface area contributed by atoms with Gasteiger partial charge < -0.3 is 14.5 Å². The quantitative estimate of drug-likeness (QED) is 0.741. The van der Waals surface area contributed by atoms with Crippen molar-refractivity contribution in [2.75, 3.05) is 19.7 Å². The van der Waals surface area contributed by atoms with E-state index in [0.717, 1.165) is 49.2 Å². The van der Waals surface area contributed by atoms with Crippen LogP contribution in [0.15, 0.2) is 48.5 Å². The maximum absolute atomic E-state index is 13.1. The van der Waals surface area contributed by atoms with Crippen LogP contribution >= 0.6 is 0 Å². The molecule has 1 unspecified atom stereocenters. The molecule has 4 rings (SSSR count). The summed E-state index contributed by atoms with van der Waals surface area (Å²) in [4.78, 5) is 28.8. The summed E-state index contributed by atoms with van der Waals surface area (Å²) in [7, 11) is 0. The van der Waals surface area contributed by atoms with E-state index in [4.69, 9.17) is 4.74 Å². The Kier molecular flexibility index (Phi) is 5.84. The van der Waals surface area contributed by atoms with Crippen molar-refractivity contribution in [3.8, 4) is 5.75 Å². The number of hydrogen-bond donors (Lipinski definition) is 0. The Morgan fingerprint density at radius 2 is 1.79 bits per heavy atom. The number of carbonyl (C=O) groups is 2. The molecule has 0 aliphatic carbocycles. The van der Waals surface area contributed by atoms with E-state index in [1.54, 1.807) is 0 Å². The molecule has 2 fully saturated rings. The number of ether oxygens (including phenoxy) is 1. The lowest BCUT2D eigenvalue weighted by Crippen LogP contribution is -2.30. The van der Waals surface area contributed by atoms with Crippen molar-refractivity contribution in [1.82, 2.24) is 9.80 Å². The minimum absolute atomic E-state index is 0.0742. The molecule has 152 valence electrons. The van der Waals surface area contributed by atoms with Crippen LogP contribution in [0.4, 0.5) is 0 Å². The summed E-state index contributed by atoms with van der Waals surface area (Å²) in [6.45, 7) is 4.86. The van der Waals surface area contributed by atoms with Gasteiger partial charge in [-0.25, -0.2) is 0 Å². The average molecular weight is 392 g/mol. The van der Waals surface area contributed by atoms with Crippen LogP contribution in [0, 0.1) is 0 Å². The number of likely N-dealkylation sites (tertiary alicyclic amines) is 2. The van der Waals surface area contributed by atoms with Crippen LogP contribution in [0.5, 0.6) is 5.75 Å². The molecule has 0 radical (unpaired) electrons. The topological polar surface area (TPSA) is 49.9 Å². The van der Waals surface area contributed by atoms with Crippen LogP contribution in [0.1, 0.15) is 60.1 Å². The highest BCUT2D eigenvalue weighted by atomic mass is 16.5. The predicted molar refractivity (Wildman–Crippen MR) is 112 cm³/mol. The molecule has 1 atom stereocenters. The first-order valence-electron chi connectivity index (χ1n) is 10.6. The van der Waals surface area contributed by atoms with Crippen LogP contribution in [0.2, 0.25) is 0 Å². The van der Waals surface area contributed by atoms with Gasteiger partial charge in [0.25, 0.3) is 5.91 Å².